The third-order valence-electron chi connectivity index (χ3n) is 2.82. The van der Waals surface area contributed by atoms with E-state index in [-0.39, 0.29) is 17.9 Å². The molecule has 0 fully saturated rings. The van der Waals surface area contributed by atoms with E-state index in [1.807, 2.05) is 0 Å². The minimum atomic E-state index is -3.58. The molecule has 0 radical (unpaired) electrons. The Bertz CT molecular complexity index is 563. The van der Waals surface area contributed by atoms with Crippen LogP contribution in [0.4, 0.5) is 0 Å². The van der Waals surface area contributed by atoms with Gasteiger partial charge in [0.25, 0.3) is 0 Å². The average Bonchev–Trinajstić information content (AvgIpc) is 2.52. The van der Waals surface area contributed by atoms with Gasteiger partial charge in [-0.15, -0.1) is 0 Å². The SMILES string of the molecule is Cc1nn(C)c(C)c1S(=O)(=O)NCCCCC(=O)O. The van der Waals surface area contributed by atoms with Crippen LogP contribution in [0.25, 0.3) is 0 Å². The maximum absolute atomic E-state index is 12.1. The van der Waals surface area contributed by atoms with Crippen LogP contribution in [-0.4, -0.2) is 35.8 Å². The van der Waals surface area contributed by atoms with E-state index in [9.17, 15) is 13.2 Å². The average molecular weight is 289 g/mol. The molecule has 8 heteroatoms. The summed E-state index contributed by atoms with van der Waals surface area (Å²) in [4.78, 5) is 10.5. The van der Waals surface area contributed by atoms with Crippen molar-refractivity contribution in [3.63, 3.8) is 0 Å². The van der Waals surface area contributed by atoms with E-state index >= 15 is 0 Å². The number of carbonyl (C=O) groups is 1. The van der Waals surface area contributed by atoms with Gasteiger partial charge < -0.3 is 5.11 Å². The number of nitrogens with one attached hydrogen (secondary N) is 1. The highest BCUT2D eigenvalue weighted by molar-refractivity contribution is 7.89. The number of carboxylic acids is 1. The third kappa shape index (κ3) is 4.03. The molecule has 1 aromatic rings. The zero-order valence-corrected chi connectivity index (χ0v) is 12.1. The summed E-state index contributed by atoms with van der Waals surface area (Å²) in [6.07, 6.45) is 0.986. The first-order valence-corrected chi connectivity index (χ1v) is 7.45. The highest BCUT2D eigenvalue weighted by Crippen LogP contribution is 2.18. The summed E-state index contributed by atoms with van der Waals surface area (Å²) in [5, 5.41) is 12.5. The van der Waals surface area contributed by atoms with Crippen molar-refractivity contribution in [2.24, 2.45) is 7.05 Å². The summed E-state index contributed by atoms with van der Waals surface area (Å²) in [5.74, 6) is -0.873. The summed E-state index contributed by atoms with van der Waals surface area (Å²) in [5.41, 5.74) is 1.04. The Labute approximate surface area is 112 Å². The minimum Gasteiger partial charge on any atom is -0.481 e. The molecule has 0 atom stereocenters. The number of sulfonamides is 1. The quantitative estimate of drug-likeness (QED) is 0.715. The van der Waals surface area contributed by atoms with Crippen molar-refractivity contribution in [3.05, 3.63) is 11.4 Å². The number of unbranched alkanes of at least 4 members (excludes halogenated alkanes) is 1. The van der Waals surface area contributed by atoms with Crippen LogP contribution in [0, 0.1) is 13.8 Å². The maximum atomic E-state index is 12.1. The van der Waals surface area contributed by atoms with Gasteiger partial charge in [-0.1, -0.05) is 0 Å². The fraction of sp³-hybridized carbons (Fsp3) is 0.636. The number of nitrogens with zero attached hydrogens (tertiary/aromatic N) is 2. The lowest BCUT2D eigenvalue weighted by Gasteiger charge is -2.06. The Morgan fingerprint density at radius 2 is 2.00 bits per heavy atom. The zero-order valence-electron chi connectivity index (χ0n) is 11.3. The normalized spacial score (nSPS) is 11.7. The van der Waals surface area contributed by atoms with E-state index in [0.717, 1.165) is 0 Å². The Morgan fingerprint density at radius 1 is 1.37 bits per heavy atom. The van der Waals surface area contributed by atoms with E-state index in [1.54, 1.807) is 20.9 Å². The molecule has 0 aliphatic carbocycles. The molecule has 1 aromatic heterocycles. The molecule has 0 amide bonds. The van der Waals surface area contributed by atoms with Gasteiger partial charge in [-0.3, -0.25) is 9.48 Å². The summed E-state index contributed by atoms with van der Waals surface area (Å²) in [6.45, 7) is 3.56. The van der Waals surface area contributed by atoms with E-state index in [0.29, 0.717) is 24.2 Å². The number of carboxylic acid groups (broad SMARTS) is 1. The first-order chi connectivity index (χ1) is 8.75. The molecule has 0 aliphatic rings. The molecule has 0 aromatic carbocycles. The van der Waals surface area contributed by atoms with Crippen LogP contribution in [0.5, 0.6) is 0 Å². The van der Waals surface area contributed by atoms with E-state index in [1.165, 1.54) is 4.68 Å². The van der Waals surface area contributed by atoms with Crippen molar-refractivity contribution < 1.29 is 18.3 Å². The third-order valence-corrected chi connectivity index (χ3v) is 4.53. The molecule has 108 valence electrons. The van der Waals surface area contributed by atoms with Crippen LogP contribution in [0.3, 0.4) is 0 Å². The Hall–Kier alpha value is -1.41. The fourth-order valence-electron chi connectivity index (χ4n) is 1.82. The van der Waals surface area contributed by atoms with Gasteiger partial charge in [0, 0.05) is 20.0 Å². The molecule has 1 heterocycles. The van der Waals surface area contributed by atoms with E-state index in [4.69, 9.17) is 5.11 Å². The molecule has 19 heavy (non-hydrogen) atoms. The molecule has 1 rings (SSSR count). The second-order valence-electron chi connectivity index (χ2n) is 4.37. The number of hydrogen-bond acceptors (Lipinski definition) is 4. The molecule has 0 saturated carbocycles. The minimum absolute atomic E-state index is 0.0483. The summed E-state index contributed by atoms with van der Waals surface area (Å²) < 4.78 is 28.2. The monoisotopic (exact) mass is 289 g/mol. The molecule has 0 unspecified atom stereocenters. The molecular weight excluding hydrogens is 270 g/mol. The smallest absolute Gasteiger partial charge is 0.303 e. The number of rotatable bonds is 7. The lowest BCUT2D eigenvalue weighted by molar-refractivity contribution is -0.137. The second-order valence-corrected chi connectivity index (χ2v) is 6.08. The zero-order chi connectivity index (χ0) is 14.6. The second kappa shape index (κ2) is 6.16. The largest absolute Gasteiger partial charge is 0.481 e. The Morgan fingerprint density at radius 3 is 2.47 bits per heavy atom. The van der Waals surface area contributed by atoms with Crippen molar-refractivity contribution in [1.82, 2.24) is 14.5 Å². The van der Waals surface area contributed by atoms with Gasteiger partial charge in [0.2, 0.25) is 10.0 Å². The van der Waals surface area contributed by atoms with Crippen molar-refractivity contribution in [2.45, 2.75) is 38.0 Å². The predicted octanol–water partition coefficient (Wildman–Crippen LogP) is 0.570. The molecule has 0 saturated heterocycles. The summed E-state index contributed by atoms with van der Waals surface area (Å²) in [7, 11) is -1.89. The Kier molecular flexibility index (Phi) is 5.07. The first-order valence-electron chi connectivity index (χ1n) is 5.97. The van der Waals surface area contributed by atoms with Crippen LogP contribution in [0.15, 0.2) is 4.90 Å². The number of aliphatic carboxylic acids is 1. The lowest BCUT2D eigenvalue weighted by atomic mass is 10.2. The number of hydrogen-bond donors (Lipinski definition) is 2. The summed E-state index contributed by atoms with van der Waals surface area (Å²) >= 11 is 0. The van der Waals surface area contributed by atoms with Crippen molar-refractivity contribution >= 4 is 16.0 Å². The van der Waals surface area contributed by atoms with Crippen LogP contribution >= 0.6 is 0 Å². The topological polar surface area (TPSA) is 101 Å². The van der Waals surface area contributed by atoms with E-state index in [2.05, 4.69) is 9.82 Å². The predicted molar refractivity (Wildman–Crippen MR) is 69.4 cm³/mol. The molecule has 2 N–H and O–H groups in total. The first kappa shape index (κ1) is 15.6. The number of aromatic nitrogens is 2. The molecular formula is C11H19N3O4S. The molecule has 0 bridgehead atoms. The van der Waals surface area contributed by atoms with Crippen molar-refractivity contribution in [3.8, 4) is 0 Å². The van der Waals surface area contributed by atoms with Crippen LogP contribution in [0.1, 0.15) is 30.7 Å². The van der Waals surface area contributed by atoms with Crippen LogP contribution < -0.4 is 4.72 Å². The van der Waals surface area contributed by atoms with E-state index < -0.39 is 16.0 Å². The highest BCUT2D eigenvalue weighted by Gasteiger charge is 2.22. The number of aryl methyl sites for hydroxylation is 2. The standard InChI is InChI=1S/C11H19N3O4S/c1-8-11(9(2)14(3)13-8)19(17,18)12-7-5-4-6-10(15)16/h12H,4-7H2,1-3H3,(H,15,16). The molecule has 0 spiro atoms. The van der Waals surface area contributed by atoms with Crippen LogP contribution in [-0.2, 0) is 21.9 Å². The van der Waals surface area contributed by atoms with Crippen LogP contribution in [0.2, 0.25) is 0 Å². The molecule has 7 nitrogen and oxygen atoms in total. The Balaban J connectivity index is 2.64. The van der Waals surface area contributed by atoms with Gasteiger partial charge in [-0.2, -0.15) is 5.10 Å². The maximum Gasteiger partial charge on any atom is 0.303 e. The molecule has 0 aliphatic heterocycles. The van der Waals surface area contributed by atoms with Gasteiger partial charge in [0.15, 0.2) is 0 Å². The van der Waals surface area contributed by atoms with Gasteiger partial charge in [-0.25, -0.2) is 13.1 Å². The van der Waals surface area contributed by atoms with Gasteiger partial charge in [0.1, 0.15) is 4.90 Å². The van der Waals surface area contributed by atoms with Gasteiger partial charge in [-0.05, 0) is 26.7 Å². The fourth-order valence-corrected chi connectivity index (χ4v) is 3.33. The summed E-state index contributed by atoms with van der Waals surface area (Å²) in [6, 6.07) is 0. The van der Waals surface area contributed by atoms with Crippen molar-refractivity contribution in [1.29, 1.82) is 0 Å². The van der Waals surface area contributed by atoms with Gasteiger partial charge >= 0.3 is 5.97 Å². The lowest BCUT2D eigenvalue weighted by Crippen LogP contribution is -2.26. The highest BCUT2D eigenvalue weighted by atomic mass is 32.2. The van der Waals surface area contributed by atoms with Gasteiger partial charge in [0.05, 0.1) is 11.4 Å². The van der Waals surface area contributed by atoms with Crippen molar-refractivity contribution in [2.75, 3.05) is 6.54 Å².